The topological polar surface area (TPSA) is 24.8 Å². The lowest BCUT2D eigenvalue weighted by Gasteiger charge is -2.45. The van der Waals surface area contributed by atoms with E-state index in [1.807, 2.05) is 0 Å². The average Bonchev–Trinajstić information content (AvgIpc) is 3.24. The van der Waals surface area contributed by atoms with Crippen LogP contribution in [0.1, 0.15) is 54.8 Å². The number of hydrazone groups is 1. The van der Waals surface area contributed by atoms with Crippen molar-refractivity contribution >= 4 is 5.71 Å². The maximum Gasteiger partial charge on any atom is 0.198 e. The number of ether oxygens (including phenoxy) is 1. The molecular formula is C21H22N2O. The van der Waals surface area contributed by atoms with Crippen molar-refractivity contribution in [3.63, 3.8) is 0 Å². The van der Waals surface area contributed by atoms with Gasteiger partial charge in [-0.25, -0.2) is 5.01 Å². The summed E-state index contributed by atoms with van der Waals surface area (Å²) in [6, 6.07) is 17.5. The Bertz CT molecular complexity index is 803. The molecular weight excluding hydrogens is 296 g/mol. The Hall–Kier alpha value is -2.29. The molecule has 0 bridgehead atoms. The van der Waals surface area contributed by atoms with Gasteiger partial charge in [-0.05, 0) is 31.4 Å². The second-order valence-electron chi connectivity index (χ2n) is 7.27. The summed E-state index contributed by atoms with van der Waals surface area (Å²) in [5.41, 5.74) is 4.76. The average molecular weight is 318 g/mol. The highest BCUT2D eigenvalue weighted by Gasteiger charge is 2.51. The fourth-order valence-corrected chi connectivity index (χ4v) is 4.41. The van der Waals surface area contributed by atoms with Gasteiger partial charge in [0.1, 0.15) is 5.75 Å². The second kappa shape index (κ2) is 5.10. The highest BCUT2D eigenvalue weighted by molar-refractivity contribution is 6.02. The van der Waals surface area contributed by atoms with Crippen LogP contribution in [0.5, 0.6) is 5.75 Å². The van der Waals surface area contributed by atoms with Gasteiger partial charge in [0.2, 0.25) is 0 Å². The number of nitrogens with zero attached hydrogens (tertiary/aromatic N) is 2. The molecule has 2 aliphatic heterocycles. The summed E-state index contributed by atoms with van der Waals surface area (Å²) in [4.78, 5) is 0. The van der Waals surface area contributed by atoms with Crippen molar-refractivity contribution in [3.8, 4) is 5.75 Å². The number of rotatable bonds is 1. The first-order chi connectivity index (χ1) is 11.8. The SMILES string of the molecule is Cc1ccc(C2=NN3[C@@H](C2)c2ccccc2OC32CCCC2)cc1. The zero-order valence-electron chi connectivity index (χ0n) is 14.0. The molecule has 5 rings (SSSR count). The molecule has 0 aromatic heterocycles. The Morgan fingerprint density at radius 1 is 1.04 bits per heavy atom. The maximum atomic E-state index is 6.52. The lowest BCUT2D eigenvalue weighted by atomic mass is 9.94. The molecule has 1 spiro atoms. The summed E-state index contributed by atoms with van der Waals surface area (Å²) < 4.78 is 6.52. The van der Waals surface area contributed by atoms with Gasteiger partial charge >= 0.3 is 0 Å². The fraction of sp³-hybridized carbons (Fsp3) is 0.381. The van der Waals surface area contributed by atoms with E-state index in [2.05, 4.69) is 60.5 Å². The molecule has 1 saturated carbocycles. The summed E-state index contributed by atoms with van der Waals surface area (Å²) in [5, 5.41) is 7.36. The van der Waals surface area contributed by atoms with Gasteiger partial charge in [-0.2, -0.15) is 5.10 Å². The molecule has 24 heavy (non-hydrogen) atoms. The summed E-state index contributed by atoms with van der Waals surface area (Å²) in [5.74, 6) is 1.06. The van der Waals surface area contributed by atoms with Crippen LogP contribution in [0.15, 0.2) is 53.6 Å². The molecule has 3 aliphatic rings. The first kappa shape index (κ1) is 14.1. The Morgan fingerprint density at radius 2 is 1.79 bits per heavy atom. The predicted molar refractivity (Wildman–Crippen MR) is 95.2 cm³/mol. The minimum Gasteiger partial charge on any atom is -0.466 e. The van der Waals surface area contributed by atoms with Crippen LogP contribution in [0.3, 0.4) is 0 Å². The highest BCUT2D eigenvalue weighted by atomic mass is 16.5. The second-order valence-corrected chi connectivity index (χ2v) is 7.27. The van der Waals surface area contributed by atoms with Crippen molar-refractivity contribution in [1.82, 2.24) is 5.01 Å². The van der Waals surface area contributed by atoms with E-state index in [-0.39, 0.29) is 5.72 Å². The monoisotopic (exact) mass is 318 g/mol. The normalized spacial score (nSPS) is 23.6. The number of aryl methyl sites for hydroxylation is 1. The van der Waals surface area contributed by atoms with Crippen LogP contribution in [0.2, 0.25) is 0 Å². The van der Waals surface area contributed by atoms with E-state index in [4.69, 9.17) is 9.84 Å². The number of para-hydroxylation sites is 1. The van der Waals surface area contributed by atoms with Gasteiger partial charge in [0.25, 0.3) is 0 Å². The third-order valence-electron chi connectivity index (χ3n) is 5.68. The van der Waals surface area contributed by atoms with Crippen LogP contribution in [-0.2, 0) is 0 Å². The summed E-state index contributed by atoms with van der Waals surface area (Å²) in [6.45, 7) is 2.13. The minimum absolute atomic E-state index is 0.231. The number of fused-ring (bicyclic) bond motifs is 4. The van der Waals surface area contributed by atoms with E-state index < -0.39 is 0 Å². The van der Waals surface area contributed by atoms with E-state index in [0.29, 0.717) is 6.04 Å². The van der Waals surface area contributed by atoms with Crippen molar-refractivity contribution in [3.05, 3.63) is 65.2 Å². The van der Waals surface area contributed by atoms with E-state index in [1.54, 1.807) is 0 Å². The third kappa shape index (κ3) is 2.00. The molecule has 0 amide bonds. The lowest BCUT2D eigenvalue weighted by molar-refractivity contribution is -0.114. The van der Waals surface area contributed by atoms with Gasteiger partial charge in [-0.3, -0.25) is 0 Å². The molecule has 1 aliphatic carbocycles. The van der Waals surface area contributed by atoms with E-state index in [0.717, 1.165) is 25.0 Å². The quantitative estimate of drug-likeness (QED) is 0.754. The maximum absolute atomic E-state index is 6.52. The Balaban J connectivity index is 1.59. The van der Waals surface area contributed by atoms with Gasteiger partial charge in [-0.15, -0.1) is 0 Å². The Labute approximate surface area is 142 Å². The summed E-state index contributed by atoms with van der Waals surface area (Å²) >= 11 is 0. The van der Waals surface area contributed by atoms with Crippen LogP contribution >= 0.6 is 0 Å². The van der Waals surface area contributed by atoms with Gasteiger partial charge in [-0.1, -0.05) is 48.0 Å². The van der Waals surface area contributed by atoms with Crippen molar-refractivity contribution in [2.45, 2.75) is 50.8 Å². The van der Waals surface area contributed by atoms with Gasteiger partial charge in [0.15, 0.2) is 5.72 Å². The predicted octanol–water partition coefficient (Wildman–Crippen LogP) is 4.81. The smallest absolute Gasteiger partial charge is 0.198 e. The number of benzene rings is 2. The third-order valence-corrected chi connectivity index (χ3v) is 5.68. The molecule has 2 heterocycles. The molecule has 2 aromatic rings. The fourth-order valence-electron chi connectivity index (χ4n) is 4.41. The van der Waals surface area contributed by atoms with E-state index in [1.165, 1.54) is 35.2 Å². The Kier molecular flexibility index (Phi) is 2.99. The van der Waals surface area contributed by atoms with E-state index >= 15 is 0 Å². The molecule has 0 unspecified atom stereocenters. The Morgan fingerprint density at radius 3 is 2.58 bits per heavy atom. The number of hydrogen-bond donors (Lipinski definition) is 0. The molecule has 2 aromatic carbocycles. The minimum atomic E-state index is -0.231. The van der Waals surface area contributed by atoms with Crippen LogP contribution in [0, 0.1) is 6.92 Å². The van der Waals surface area contributed by atoms with Gasteiger partial charge < -0.3 is 4.74 Å². The van der Waals surface area contributed by atoms with Gasteiger partial charge in [0, 0.05) is 24.8 Å². The van der Waals surface area contributed by atoms with Crippen molar-refractivity contribution < 1.29 is 4.74 Å². The first-order valence-electron chi connectivity index (χ1n) is 8.97. The number of hydrogen-bond acceptors (Lipinski definition) is 3. The molecule has 1 atom stereocenters. The van der Waals surface area contributed by atoms with Crippen molar-refractivity contribution in [2.24, 2.45) is 5.10 Å². The molecule has 3 heteroatoms. The molecule has 0 radical (unpaired) electrons. The largest absolute Gasteiger partial charge is 0.466 e. The lowest BCUT2D eigenvalue weighted by Crippen LogP contribution is -2.51. The molecule has 1 fully saturated rings. The summed E-state index contributed by atoms with van der Waals surface area (Å²) in [6.07, 6.45) is 5.55. The molecule has 3 nitrogen and oxygen atoms in total. The van der Waals surface area contributed by atoms with Crippen LogP contribution in [-0.4, -0.2) is 16.4 Å². The standard InChI is InChI=1S/C21H22N2O/c1-15-8-10-16(11-9-15)18-14-19-17-6-2-3-7-20(17)24-21(23(19)22-18)12-4-5-13-21/h2-3,6-11,19H,4-5,12-14H2,1H3/t19-/m0/s1. The van der Waals surface area contributed by atoms with E-state index in [9.17, 15) is 0 Å². The zero-order chi connectivity index (χ0) is 16.1. The van der Waals surface area contributed by atoms with Crippen LogP contribution < -0.4 is 4.74 Å². The van der Waals surface area contributed by atoms with Crippen LogP contribution in [0.4, 0.5) is 0 Å². The highest BCUT2D eigenvalue weighted by Crippen LogP contribution is 2.51. The zero-order valence-corrected chi connectivity index (χ0v) is 14.0. The van der Waals surface area contributed by atoms with Crippen molar-refractivity contribution in [2.75, 3.05) is 0 Å². The first-order valence-corrected chi connectivity index (χ1v) is 8.97. The summed E-state index contributed by atoms with van der Waals surface area (Å²) in [7, 11) is 0. The van der Waals surface area contributed by atoms with Gasteiger partial charge in [0.05, 0.1) is 11.8 Å². The molecule has 122 valence electrons. The molecule has 0 saturated heterocycles. The van der Waals surface area contributed by atoms with Crippen molar-refractivity contribution in [1.29, 1.82) is 0 Å². The molecule has 0 N–H and O–H groups in total. The van der Waals surface area contributed by atoms with Crippen LogP contribution in [0.25, 0.3) is 0 Å².